The number of benzene rings is 1. The van der Waals surface area contributed by atoms with E-state index in [1.54, 1.807) is 6.07 Å². The second kappa shape index (κ2) is 5.70. The van der Waals surface area contributed by atoms with Gasteiger partial charge in [0.2, 0.25) is 6.41 Å². The second-order valence-electron chi connectivity index (χ2n) is 2.90. The highest BCUT2D eigenvalue weighted by molar-refractivity contribution is 9.10. The molecule has 0 bridgehead atoms. The smallest absolute Gasteiger partial charge is 0.207 e. The minimum atomic E-state index is -0.406. The van der Waals surface area contributed by atoms with Crippen LogP contribution in [0.3, 0.4) is 0 Å². The summed E-state index contributed by atoms with van der Waals surface area (Å²) in [6, 6.07) is 2.97. The van der Waals surface area contributed by atoms with Crippen LogP contribution < -0.4 is 10.1 Å². The monoisotopic (exact) mass is 275 g/mol. The van der Waals surface area contributed by atoms with Crippen molar-refractivity contribution in [3.05, 3.63) is 28.0 Å². The molecule has 0 spiro atoms. The molecule has 1 N–H and O–H groups in total. The normalized spacial score (nSPS) is 9.80. The molecule has 3 nitrogen and oxygen atoms in total. The lowest BCUT2D eigenvalue weighted by atomic mass is 10.1. The Morgan fingerprint density at radius 1 is 1.60 bits per heavy atom. The fourth-order valence-corrected chi connectivity index (χ4v) is 1.70. The fraction of sp³-hybridized carbons (Fsp3) is 0.300. The number of carbonyl (C=O) groups excluding carboxylic acids is 1. The Kier molecular flexibility index (Phi) is 4.55. The molecule has 1 amide bonds. The summed E-state index contributed by atoms with van der Waals surface area (Å²) in [4.78, 5) is 10.0. The van der Waals surface area contributed by atoms with Gasteiger partial charge in [-0.3, -0.25) is 4.79 Å². The first-order valence-electron chi connectivity index (χ1n) is 4.38. The van der Waals surface area contributed by atoms with Crippen molar-refractivity contribution in [2.75, 3.05) is 13.7 Å². The lowest BCUT2D eigenvalue weighted by molar-refractivity contribution is -0.109. The number of rotatable bonds is 5. The number of hydrogen-bond acceptors (Lipinski definition) is 2. The van der Waals surface area contributed by atoms with Crippen molar-refractivity contribution in [1.82, 2.24) is 5.32 Å². The Bertz CT molecular complexity index is 358. The zero-order valence-corrected chi connectivity index (χ0v) is 9.80. The van der Waals surface area contributed by atoms with Crippen LogP contribution in [-0.4, -0.2) is 20.1 Å². The summed E-state index contributed by atoms with van der Waals surface area (Å²) in [6.45, 7) is 0.511. The van der Waals surface area contributed by atoms with Crippen molar-refractivity contribution in [2.45, 2.75) is 6.42 Å². The number of ether oxygens (including phenoxy) is 1. The average Bonchev–Trinajstić information content (AvgIpc) is 2.21. The first kappa shape index (κ1) is 12.0. The quantitative estimate of drug-likeness (QED) is 0.658. The lowest BCUT2D eigenvalue weighted by Gasteiger charge is -2.08. The van der Waals surface area contributed by atoms with Gasteiger partial charge in [0.05, 0.1) is 7.11 Å². The van der Waals surface area contributed by atoms with Gasteiger partial charge < -0.3 is 10.1 Å². The van der Waals surface area contributed by atoms with Gasteiger partial charge in [-0.2, -0.15) is 0 Å². The van der Waals surface area contributed by atoms with E-state index < -0.39 is 5.82 Å². The Balaban J connectivity index is 2.82. The van der Waals surface area contributed by atoms with Gasteiger partial charge in [-0.25, -0.2) is 4.39 Å². The fourth-order valence-electron chi connectivity index (χ4n) is 1.18. The van der Waals surface area contributed by atoms with Crippen molar-refractivity contribution in [3.8, 4) is 5.75 Å². The molecule has 1 aromatic carbocycles. The first-order chi connectivity index (χ1) is 7.19. The highest BCUT2D eigenvalue weighted by Crippen LogP contribution is 2.26. The van der Waals surface area contributed by atoms with Crippen LogP contribution in [0.5, 0.6) is 5.75 Å². The number of nitrogens with one attached hydrogen (secondary N) is 1. The lowest BCUT2D eigenvalue weighted by Crippen LogP contribution is -2.14. The van der Waals surface area contributed by atoms with Crippen LogP contribution in [-0.2, 0) is 11.2 Å². The van der Waals surface area contributed by atoms with Gasteiger partial charge in [-0.05, 0) is 24.1 Å². The van der Waals surface area contributed by atoms with Crippen molar-refractivity contribution in [3.63, 3.8) is 0 Å². The predicted molar refractivity (Wildman–Crippen MR) is 58.4 cm³/mol. The second-order valence-corrected chi connectivity index (χ2v) is 3.75. The van der Waals surface area contributed by atoms with Crippen molar-refractivity contribution < 1.29 is 13.9 Å². The molecule has 0 radical (unpaired) electrons. The van der Waals surface area contributed by atoms with E-state index in [2.05, 4.69) is 21.2 Å². The number of carbonyl (C=O) groups is 1. The van der Waals surface area contributed by atoms with E-state index in [-0.39, 0.29) is 5.75 Å². The molecule has 1 aromatic rings. The molecule has 15 heavy (non-hydrogen) atoms. The van der Waals surface area contributed by atoms with E-state index in [9.17, 15) is 9.18 Å². The van der Waals surface area contributed by atoms with Crippen LogP contribution in [0.2, 0.25) is 0 Å². The van der Waals surface area contributed by atoms with E-state index in [4.69, 9.17) is 4.74 Å². The molecule has 0 unspecified atom stereocenters. The zero-order chi connectivity index (χ0) is 11.3. The summed E-state index contributed by atoms with van der Waals surface area (Å²) in [6.07, 6.45) is 1.25. The minimum absolute atomic E-state index is 0.208. The maximum absolute atomic E-state index is 13.2. The number of methoxy groups -OCH3 is 1. The molecule has 82 valence electrons. The third-order valence-corrected chi connectivity index (χ3v) is 2.68. The molecule has 1 rings (SSSR count). The molecule has 0 aliphatic carbocycles. The average molecular weight is 276 g/mol. The molecule has 0 heterocycles. The van der Waals surface area contributed by atoms with E-state index in [0.717, 1.165) is 5.56 Å². The molecule has 0 aliphatic heterocycles. The zero-order valence-electron chi connectivity index (χ0n) is 8.22. The van der Waals surface area contributed by atoms with Gasteiger partial charge in [0.15, 0.2) is 11.6 Å². The van der Waals surface area contributed by atoms with Crippen LogP contribution in [0.15, 0.2) is 16.6 Å². The number of hydrogen-bond donors (Lipinski definition) is 1. The third-order valence-electron chi connectivity index (χ3n) is 1.94. The van der Waals surface area contributed by atoms with Crippen LogP contribution in [0.25, 0.3) is 0 Å². The summed E-state index contributed by atoms with van der Waals surface area (Å²) in [5, 5.41) is 2.54. The van der Waals surface area contributed by atoms with Gasteiger partial charge in [0, 0.05) is 11.0 Å². The summed E-state index contributed by atoms with van der Waals surface area (Å²) < 4.78 is 18.7. The molecule has 0 atom stereocenters. The molecule has 0 aliphatic rings. The third kappa shape index (κ3) is 3.20. The number of amides is 1. The Morgan fingerprint density at radius 3 is 2.93 bits per heavy atom. The maximum atomic E-state index is 13.2. The highest BCUT2D eigenvalue weighted by atomic mass is 79.9. The summed E-state index contributed by atoms with van der Waals surface area (Å²) in [7, 11) is 1.42. The predicted octanol–water partition coefficient (Wildman–Crippen LogP) is 1.89. The molecule has 0 fully saturated rings. The van der Waals surface area contributed by atoms with Crippen molar-refractivity contribution >= 4 is 22.3 Å². The molecule has 0 saturated heterocycles. The Labute approximate surface area is 95.7 Å². The van der Waals surface area contributed by atoms with Crippen LogP contribution in [0.1, 0.15) is 5.56 Å². The van der Waals surface area contributed by atoms with E-state index in [1.165, 1.54) is 13.2 Å². The summed E-state index contributed by atoms with van der Waals surface area (Å²) in [5.41, 5.74) is 0.891. The van der Waals surface area contributed by atoms with Gasteiger partial charge in [-0.1, -0.05) is 15.9 Å². The SMILES string of the molecule is COc1cc(CCNC=O)c(Br)cc1F. The van der Waals surface area contributed by atoms with E-state index in [0.29, 0.717) is 23.8 Å². The van der Waals surface area contributed by atoms with Gasteiger partial charge >= 0.3 is 0 Å². The summed E-state index contributed by atoms with van der Waals surface area (Å²) in [5.74, 6) is -0.198. The number of halogens is 2. The van der Waals surface area contributed by atoms with Gasteiger partial charge in [-0.15, -0.1) is 0 Å². The molecule has 0 saturated carbocycles. The Morgan fingerprint density at radius 2 is 2.33 bits per heavy atom. The Hall–Kier alpha value is -1.10. The highest BCUT2D eigenvalue weighted by Gasteiger charge is 2.08. The standard InChI is InChI=1S/C10H11BrFNO2/c1-15-10-4-7(2-3-13-6-14)8(11)5-9(10)12/h4-6H,2-3H2,1H3,(H,13,14). The van der Waals surface area contributed by atoms with Crippen molar-refractivity contribution in [1.29, 1.82) is 0 Å². The van der Waals surface area contributed by atoms with Crippen LogP contribution in [0.4, 0.5) is 4.39 Å². The topological polar surface area (TPSA) is 38.3 Å². The van der Waals surface area contributed by atoms with Crippen LogP contribution in [0, 0.1) is 5.82 Å². The van der Waals surface area contributed by atoms with Gasteiger partial charge in [0.25, 0.3) is 0 Å². The van der Waals surface area contributed by atoms with Crippen LogP contribution >= 0.6 is 15.9 Å². The first-order valence-corrected chi connectivity index (χ1v) is 5.17. The van der Waals surface area contributed by atoms with E-state index >= 15 is 0 Å². The molecule has 5 heteroatoms. The molecular weight excluding hydrogens is 265 g/mol. The maximum Gasteiger partial charge on any atom is 0.207 e. The van der Waals surface area contributed by atoms with Crippen molar-refractivity contribution in [2.24, 2.45) is 0 Å². The molecular formula is C10H11BrFNO2. The van der Waals surface area contributed by atoms with Gasteiger partial charge in [0.1, 0.15) is 0 Å². The largest absolute Gasteiger partial charge is 0.494 e. The van der Waals surface area contributed by atoms with E-state index in [1.807, 2.05) is 0 Å². The minimum Gasteiger partial charge on any atom is -0.494 e. The molecule has 0 aromatic heterocycles. The summed E-state index contributed by atoms with van der Waals surface area (Å²) >= 11 is 3.25.